The zero-order chi connectivity index (χ0) is 32.5. The Morgan fingerprint density at radius 1 is 1.09 bits per heavy atom. The number of hydrogen-bond acceptors (Lipinski definition) is 11. The van der Waals surface area contributed by atoms with Crippen LogP contribution < -0.4 is 19.9 Å². The second-order valence-corrected chi connectivity index (χ2v) is 13.3. The van der Waals surface area contributed by atoms with Crippen molar-refractivity contribution < 1.29 is 32.7 Å². The van der Waals surface area contributed by atoms with Gasteiger partial charge in [0.15, 0.2) is 5.75 Å². The fourth-order valence-electron chi connectivity index (χ4n) is 5.68. The number of aliphatic hydroxyl groups is 1. The highest BCUT2D eigenvalue weighted by atomic mass is 19.1. The van der Waals surface area contributed by atoms with Gasteiger partial charge in [-0.05, 0) is 84.1 Å². The maximum Gasteiger partial charge on any atom is 0.407 e. The third-order valence-electron chi connectivity index (χ3n) is 8.04. The van der Waals surface area contributed by atoms with Crippen molar-refractivity contribution >= 4 is 18.1 Å². The van der Waals surface area contributed by atoms with Crippen LogP contribution in [-0.2, 0) is 10.3 Å². The summed E-state index contributed by atoms with van der Waals surface area (Å²) in [4.78, 5) is 29.8. The molecule has 2 N–H and O–H groups in total. The summed E-state index contributed by atoms with van der Waals surface area (Å²) in [5, 5.41) is 16.8. The standard InChI is InChI=1S/C31H41F2N7O5/c1-18(19-9-11-39(12-10-19)28-37-26(38-45-28)31(5,6)42)43-21-14-34-27(35-15-21)40-16-23(22-13-20(32)7-8-24(22)33)25(17-40)36-29(41)44-30(2,3)4/h7-8,13-15,18-19,23,25,42H,9-12,16-17H2,1-6H3,(H,36,41). The van der Waals surface area contributed by atoms with Crippen LogP contribution in [0.2, 0.25) is 0 Å². The molecule has 4 heterocycles. The highest BCUT2D eigenvalue weighted by Crippen LogP contribution is 2.33. The van der Waals surface area contributed by atoms with Gasteiger partial charge in [-0.3, -0.25) is 0 Å². The molecule has 0 bridgehead atoms. The molecule has 2 aliphatic rings. The predicted octanol–water partition coefficient (Wildman–Crippen LogP) is 4.55. The molecule has 2 aromatic heterocycles. The Morgan fingerprint density at radius 2 is 1.78 bits per heavy atom. The largest absolute Gasteiger partial charge is 0.487 e. The van der Waals surface area contributed by atoms with Gasteiger partial charge in [0.05, 0.1) is 24.5 Å². The van der Waals surface area contributed by atoms with E-state index in [1.807, 2.05) is 16.7 Å². The van der Waals surface area contributed by atoms with Gasteiger partial charge >= 0.3 is 12.1 Å². The lowest BCUT2D eigenvalue weighted by Crippen LogP contribution is -2.43. The molecule has 1 amide bonds. The Labute approximate surface area is 261 Å². The summed E-state index contributed by atoms with van der Waals surface area (Å²) >= 11 is 0. The lowest BCUT2D eigenvalue weighted by molar-refractivity contribution is 0.0504. The van der Waals surface area contributed by atoms with Gasteiger partial charge in [-0.25, -0.2) is 23.5 Å². The van der Waals surface area contributed by atoms with Crippen LogP contribution in [0.25, 0.3) is 0 Å². The molecule has 12 nitrogen and oxygen atoms in total. The Balaban J connectivity index is 1.20. The Bertz CT molecular complexity index is 1470. The highest BCUT2D eigenvalue weighted by molar-refractivity contribution is 5.68. The van der Waals surface area contributed by atoms with E-state index in [4.69, 9.17) is 14.0 Å². The second-order valence-electron chi connectivity index (χ2n) is 13.3. The molecule has 0 spiro atoms. The van der Waals surface area contributed by atoms with Gasteiger partial charge in [-0.15, -0.1) is 0 Å². The van der Waals surface area contributed by atoms with Crippen molar-refractivity contribution in [1.29, 1.82) is 0 Å². The maximum absolute atomic E-state index is 14.8. The molecule has 3 atom stereocenters. The minimum absolute atomic E-state index is 0.106. The average Bonchev–Trinajstić information content (AvgIpc) is 3.62. The second kappa shape index (κ2) is 12.7. The molecule has 1 aromatic carbocycles. The van der Waals surface area contributed by atoms with Crippen LogP contribution in [0.4, 0.5) is 25.5 Å². The van der Waals surface area contributed by atoms with Crippen molar-refractivity contribution in [3.63, 3.8) is 0 Å². The van der Waals surface area contributed by atoms with Gasteiger partial charge in [-0.1, -0.05) is 5.16 Å². The number of benzene rings is 1. The van der Waals surface area contributed by atoms with Gasteiger partial charge in [0.1, 0.15) is 22.8 Å². The van der Waals surface area contributed by atoms with Gasteiger partial charge in [0, 0.05) is 32.1 Å². The number of carbonyl (C=O) groups is 1. The van der Waals surface area contributed by atoms with Crippen molar-refractivity contribution in [2.45, 2.75) is 83.6 Å². The van der Waals surface area contributed by atoms with Crippen LogP contribution in [0.15, 0.2) is 35.1 Å². The summed E-state index contributed by atoms with van der Waals surface area (Å²) in [6.07, 6.45) is 4.13. The SMILES string of the molecule is CC(Oc1cnc(N2CC(NC(=O)OC(C)(C)C)C(c3cc(F)ccc3F)C2)nc1)C1CCN(c2nc(C(C)(C)O)no2)CC1. The zero-order valence-electron chi connectivity index (χ0n) is 26.5. The molecule has 2 aliphatic heterocycles. The van der Waals surface area contributed by atoms with E-state index in [1.54, 1.807) is 47.0 Å². The highest BCUT2D eigenvalue weighted by Gasteiger charge is 2.38. The number of carbonyl (C=O) groups excluding carboxylic acids is 1. The molecule has 0 radical (unpaired) electrons. The quantitative estimate of drug-likeness (QED) is 0.363. The number of alkyl carbamates (subject to hydrolysis) is 1. The molecule has 2 fully saturated rings. The van der Waals surface area contributed by atoms with E-state index in [-0.39, 0.29) is 36.5 Å². The molecular weight excluding hydrogens is 588 g/mol. The van der Waals surface area contributed by atoms with Crippen LogP contribution in [0.5, 0.6) is 5.75 Å². The summed E-state index contributed by atoms with van der Waals surface area (Å²) in [5.74, 6) is -0.266. The van der Waals surface area contributed by atoms with E-state index in [1.165, 1.54) is 0 Å². The number of nitrogens with zero attached hydrogens (tertiary/aromatic N) is 6. The third kappa shape index (κ3) is 7.96. The third-order valence-corrected chi connectivity index (χ3v) is 8.04. The van der Waals surface area contributed by atoms with Crippen molar-refractivity contribution in [1.82, 2.24) is 25.4 Å². The molecular formula is C31H41F2N7O5. The first-order chi connectivity index (χ1) is 21.2. The number of halogens is 2. The zero-order valence-corrected chi connectivity index (χ0v) is 26.5. The van der Waals surface area contributed by atoms with E-state index in [2.05, 4.69) is 25.4 Å². The monoisotopic (exact) mass is 629 g/mol. The molecule has 2 saturated heterocycles. The number of rotatable bonds is 8. The van der Waals surface area contributed by atoms with Crippen molar-refractivity contribution in [3.8, 4) is 5.75 Å². The summed E-state index contributed by atoms with van der Waals surface area (Å²) in [5.41, 5.74) is -1.73. The fourth-order valence-corrected chi connectivity index (χ4v) is 5.68. The first-order valence-corrected chi connectivity index (χ1v) is 15.2. The van der Waals surface area contributed by atoms with Crippen molar-refractivity contribution in [2.24, 2.45) is 5.92 Å². The van der Waals surface area contributed by atoms with Crippen LogP contribution in [0.1, 0.15) is 71.7 Å². The Kier molecular flexibility index (Phi) is 9.15. The molecule has 3 aromatic rings. The van der Waals surface area contributed by atoms with Crippen LogP contribution >= 0.6 is 0 Å². The molecule has 5 rings (SSSR count). The van der Waals surface area contributed by atoms with E-state index in [0.29, 0.717) is 30.8 Å². The van der Waals surface area contributed by atoms with E-state index >= 15 is 0 Å². The van der Waals surface area contributed by atoms with E-state index < -0.39 is 40.9 Å². The van der Waals surface area contributed by atoms with Gasteiger partial charge in [0.2, 0.25) is 11.8 Å². The number of piperidine rings is 1. The predicted molar refractivity (Wildman–Crippen MR) is 161 cm³/mol. The van der Waals surface area contributed by atoms with Crippen LogP contribution in [0, 0.1) is 17.6 Å². The Hall–Kier alpha value is -4.07. The van der Waals surface area contributed by atoms with Gasteiger partial charge in [-0.2, -0.15) is 4.98 Å². The maximum atomic E-state index is 14.8. The lowest BCUT2D eigenvalue weighted by Gasteiger charge is -2.33. The van der Waals surface area contributed by atoms with E-state index in [9.17, 15) is 18.7 Å². The lowest BCUT2D eigenvalue weighted by atomic mass is 9.92. The first-order valence-electron chi connectivity index (χ1n) is 15.2. The van der Waals surface area contributed by atoms with Crippen LogP contribution in [-0.4, -0.2) is 75.2 Å². The number of anilines is 2. The molecule has 3 unspecified atom stereocenters. The van der Waals surface area contributed by atoms with Crippen molar-refractivity contribution in [3.05, 3.63) is 53.6 Å². The van der Waals surface area contributed by atoms with Gasteiger partial charge in [0.25, 0.3) is 0 Å². The summed E-state index contributed by atoms with van der Waals surface area (Å²) in [6, 6.07) is 3.14. The summed E-state index contributed by atoms with van der Waals surface area (Å²) in [6.45, 7) is 12.4. The molecule has 14 heteroatoms. The van der Waals surface area contributed by atoms with Crippen LogP contribution in [0.3, 0.4) is 0 Å². The van der Waals surface area contributed by atoms with Crippen molar-refractivity contribution in [2.75, 3.05) is 36.0 Å². The van der Waals surface area contributed by atoms with Gasteiger partial charge < -0.3 is 34.2 Å². The Morgan fingerprint density at radius 3 is 2.40 bits per heavy atom. The number of hydrogen-bond donors (Lipinski definition) is 2. The molecule has 0 saturated carbocycles. The number of ether oxygens (including phenoxy) is 2. The minimum atomic E-state index is -1.17. The molecule has 244 valence electrons. The molecule has 0 aliphatic carbocycles. The molecule has 45 heavy (non-hydrogen) atoms. The number of amides is 1. The smallest absolute Gasteiger partial charge is 0.407 e. The normalized spacial score (nSPS) is 20.3. The topological polar surface area (TPSA) is 139 Å². The summed E-state index contributed by atoms with van der Waals surface area (Å²) in [7, 11) is 0. The fraction of sp³-hybridized carbons (Fsp3) is 0.581. The number of aromatic nitrogens is 4. The summed E-state index contributed by atoms with van der Waals surface area (Å²) < 4.78 is 45.9. The average molecular weight is 630 g/mol. The minimum Gasteiger partial charge on any atom is -0.487 e. The van der Waals surface area contributed by atoms with E-state index in [0.717, 1.165) is 31.0 Å². The number of nitrogens with one attached hydrogen (secondary N) is 1. The first kappa shape index (κ1) is 32.3.